The van der Waals surface area contributed by atoms with E-state index in [2.05, 4.69) is 10.5 Å². The van der Waals surface area contributed by atoms with E-state index in [9.17, 15) is 4.79 Å². The van der Waals surface area contributed by atoms with Crippen LogP contribution in [0.4, 0.5) is 0 Å². The smallest absolute Gasteiger partial charge is 0.337 e. The Bertz CT molecular complexity index is 759. The largest absolute Gasteiger partial charge is 0.497 e. The van der Waals surface area contributed by atoms with Gasteiger partial charge in [0.2, 0.25) is 0 Å². The predicted octanol–water partition coefficient (Wildman–Crippen LogP) is 2.95. The second kappa shape index (κ2) is 10.9. The van der Waals surface area contributed by atoms with E-state index in [0.717, 1.165) is 16.9 Å². The van der Waals surface area contributed by atoms with E-state index in [0.29, 0.717) is 5.75 Å². The van der Waals surface area contributed by atoms with E-state index in [1.54, 1.807) is 27.4 Å². The number of benzene rings is 2. The number of ether oxygens (including phenoxy) is 4. The maximum Gasteiger partial charge on any atom is 0.337 e. The van der Waals surface area contributed by atoms with E-state index in [-0.39, 0.29) is 6.61 Å². The maximum atomic E-state index is 12.3. The summed E-state index contributed by atoms with van der Waals surface area (Å²) in [4.78, 5) is 12.3. The molecule has 0 radical (unpaired) electrons. The second-order valence-electron chi connectivity index (χ2n) is 5.82. The minimum Gasteiger partial charge on any atom is -0.497 e. The molecule has 28 heavy (non-hydrogen) atoms. The Kier molecular flexibility index (Phi) is 8.30. The highest BCUT2D eigenvalue weighted by Gasteiger charge is 2.31. The van der Waals surface area contributed by atoms with Crippen LogP contribution < -0.4 is 14.9 Å². The first kappa shape index (κ1) is 21.2. The molecule has 0 aliphatic carbocycles. The fourth-order valence-corrected chi connectivity index (χ4v) is 2.60. The van der Waals surface area contributed by atoms with Crippen LogP contribution in [0.3, 0.4) is 0 Å². The lowest BCUT2D eigenvalue weighted by atomic mass is 10.0. The van der Waals surface area contributed by atoms with Gasteiger partial charge in [0.05, 0.1) is 27.0 Å². The Morgan fingerprint density at radius 2 is 1.57 bits per heavy atom. The van der Waals surface area contributed by atoms with E-state index >= 15 is 0 Å². The van der Waals surface area contributed by atoms with Crippen LogP contribution in [0.5, 0.6) is 11.5 Å². The molecule has 2 aromatic rings. The van der Waals surface area contributed by atoms with E-state index in [1.807, 2.05) is 48.5 Å². The topological polar surface area (TPSA) is 78.4 Å². The monoisotopic (exact) mass is 386 g/mol. The minimum atomic E-state index is -0.860. The van der Waals surface area contributed by atoms with E-state index in [1.165, 1.54) is 7.11 Å². The summed E-state index contributed by atoms with van der Waals surface area (Å²) >= 11 is 0. The Morgan fingerprint density at radius 1 is 1.00 bits per heavy atom. The molecule has 150 valence electrons. The standard InChI is InChI=1S/C21H26N2O5/c1-5-28-21(24)20(27-4)19(16-8-12-18(26-3)13-9-16)23-22-14-15-6-10-17(25-2)11-7-15/h6-14,19-20,23H,5H2,1-4H3/b22-14+/t19-,20+/m0/s1. The zero-order valence-electron chi connectivity index (χ0n) is 16.5. The fraction of sp³-hybridized carbons (Fsp3) is 0.333. The van der Waals surface area contributed by atoms with Crippen molar-refractivity contribution in [3.8, 4) is 11.5 Å². The first-order valence-electron chi connectivity index (χ1n) is 8.89. The molecule has 2 atom stereocenters. The summed E-state index contributed by atoms with van der Waals surface area (Å²) < 4.78 is 20.9. The van der Waals surface area contributed by atoms with Gasteiger partial charge in [-0.2, -0.15) is 5.10 Å². The van der Waals surface area contributed by atoms with Gasteiger partial charge in [-0.25, -0.2) is 4.79 Å². The van der Waals surface area contributed by atoms with Crippen molar-refractivity contribution in [2.45, 2.75) is 19.1 Å². The molecule has 0 amide bonds. The molecule has 0 saturated carbocycles. The number of hydrogen-bond donors (Lipinski definition) is 1. The number of hydrogen-bond acceptors (Lipinski definition) is 7. The van der Waals surface area contributed by atoms with Crippen molar-refractivity contribution in [1.29, 1.82) is 0 Å². The number of hydrazone groups is 1. The Hall–Kier alpha value is -3.06. The van der Waals surface area contributed by atoms with Gasteiger partial charge in [-0.1, -0.05) is 12.1 Å². The fourth-order valence-electron chi connectivity index (χ4n) is 2.60. The number of methoxy groups -OCH3 is 3. The molecule has 2 rings (SSSR count). The zero-order chi connectivity index (χ0) is 20.4. The molecule has 1 N–H and O–H groups in total. The van der Waals surface area contributed by atoms with Crippen LogP contribution in [0.15, 0.2) is 53.6 Å². The van der Waals surface area contributed by atoms with Crippen molar-refractivity contribution in [2.75, 3.05) is 27.9 Å². The molecule has 0 heterocycles. The highest BCUT2D eigenvalue weighted by atomic mass is 16.6. The van der Waals surface area contributed by atoms with Gasteiger partial charge in [0.1, 0.15) is 17.5 Å². The molecule has 0 aromatic heterocycles. The molecule has 0 aliphatic heterocycles. The zero-order valence-corrected chi connectivity index (χ0v) is 16.5. The molecule has 0 spiro atoms. The predicted molar refractivity (Wildman–Crippen MR) is 107 cm³/mol. The highest BCUT2D eigenvalue weighted by molar-refractivity contribution is 5.79. The van der Waals surface area contributed by atoms with Crippen molar-refractivity contribution >= 4 is 12.2 Å². The number of nitrogens with zero attached hydrogens (tertiary/aromatic N) is 1. The van der Waals surface area contributed by atoms with Gasteiger partial charge in [-0.05, 0) is 54.4 Å². The van der Waals surface area contributed by atoms with Gasteiger partial charge in [0.15, 0.2) is 6.10 Å². The first-order valence-corrected chi connectivity index (χ1v) is 8.89. The van der Waals surface area contributed by atoms with Gasteiger partial charge in [0, 0.05) is 7.11 Å². The highest BCUT2D eigenvalue weighted by Crippen LogP contribution is 2.23. The molecule has 0 fully saturated rings. The normalized spacial score (nSPS) is 13.0. The number of nitrogens with one attached hydrogen (secondary N) is 1. The lowest BCUT2D eigenvalue weighted by Crippen LogP contribution is -2.38. The van der Waals surface area contributed by atoms with Crippen LogP contribution in [0.25, 0.3) is 0 Å². The van der Waals surface area contributed by atoms with Crippen LogP contribution in [0, 0.1) is 0 Å². The molecular weight excluding hydrogens is 360 g/mol. The van der Waals surface area contributed by atoms with Gasteiger partial charge in [-0.15, -0.1) is 0 Å². The first-order chi connectivity index (χ1) is 13.6. The summed E-state index contributed by atoms with van der Waals surface area (Å²) in [6.45, 7) is 2.02. The number of esters is 1. The molecule has 7 nitrogen and oxygen atoms in total. The molecule has 0 bridgehead atoms. The summed E-state index contributed by atoms with van der Waals surface area (Å²) in [7, 11) is 4.68. The Labute approximate surface area is 165 Å². The molecule has 7 heteroatoms. The van der Waals surface area contributed by atoms with Crippen molar-refractivity contribution in [3.63, 3.8) is 0 Å². The van der Waals surface area contributed by atoms with Crippen molar-refractivity contribution in [1.82, 2.24) is 5.43 Å². The van der Waals surface area contributed by atoms with Crippen LogP contribution in [0.2, 0.25) is 0 Å². The van der Waals surface area contributed by atoms with Gasteiger partial charge < -0.3 is 18.9 Å². The third-order valence-electron chi connectivity index (χ3n) is 4.09. The van der Waals surface area contributed by atoms with Crippen molar-refractivity contribution in [2.24, 2.45) is 5.10 Å². The summed E-state index contributed by atoms with van der Waals surface area (Å²) in [5.74, 6) is 1.02. The summed E-state index contributed by atoms with van der Waals surface area (Å²) in [6, 6.07) is 14.2. The molecule has 0 saturated heterocycles. The lowest BCUT2D eigenvalue weighted by Gasteiger charge is -2.24. The van der Waals surface area contributed by atoms with Gasteiger partial charge in [0.25, 0.3) is 0 Å². The number of carbonyl (C=O) groups excluding carboxylic acids is 1. The molecular formula is C21H26N2O5. The van der Waals surface area contributed by atoms with E-state index in [4.69, 9.17) is 18.9 Å². The Balaban J connectivity index is 2.22. The average molecular weight is 386 g/mol. The van der Waals surface area contributed by atoms with Crippen molar-refractivity contribution < 1.29 is 23.7 Å². The third-order valence-corrected chi connectivity index (χ3v) is 4.09. The minimum absolute atomic E-state index is 0.267. The molecule has 2 aromatic carbocycles. The molecule has 0 unspecified atom stereocenters. The van der Waals surface area contributed by atoms with E-state index < -0.39 is 18.1 Å². The summed E-state index contributed by atoms with van der Waals surface area (Å²) in [5.41, 5.74) is 4.71. The number of rotatable bonds is 10. The maximum absolute atomic E-state index is 12.3. The van der Waals surface area contributed by atoms with Gasteiger partial charge >= 0.3 is 5.97 Å². The van der Waals surface area contributed by atoms with Crippen LogP contribution >= 0.6 is 0 Å². The van der Waals surface area contributed by atoms with Gasteiger partial charge in [-0.3, -0.25) is 5.43 Å². The SMILES string of the molecule is CCOC(=O)[C@H](OC)[C@@H](N/N=C/c1ccc(OC)cc1)c1ccc(OC)cc1. The average Bonchev–Trinajstić information content (AvgIpc) is 2.74. The number of carbonyl (C=O) groups is 1. The van der Waals surface area contributed by atoms with Crippen LogP contribution in [-0.4, -0.2) is 46.2 Å². The van der Waals surface area contributed by atoms with Crippen molar-refractivity contribution in [3.05, 3.63) is 59.7 Å². The Morgan fingerprint density at radius 3 is 2.07 bits per heavy atom. The quantitative estimate of drug-likeness (QED) is 0.384. The lowest BCUT2D eigenvalue weighted by molar-refractivity contribution is -0.156. The summed E-state index contributed by atoms with van der Waals surface area (Å²) in [5, 5.41) is 4.29. The van der Waals surface area contributed by atoms with Crippen LogP contribution in [-0.2, 0) is 14.3 Å². The molecule has 0 aliphatic rings. The second-order valence-corrected chi connectivity index (χ2v) is 5.82. The summed E-state index contributed by atoms with van der Waals surface area (Å²) in [6.07, 6.45) is 0.801. The third kappa shape index (κ3) is 5.72. The van der Waals surface area contributed by atoms with Crippen LogP contribution in [0.1, 0.15) is 24.1 Å².